The smallest absolute Gasteiger partial charge is 0.164 e. The van der Waals surface area contributed by atoms with E-state index in [1.54, 1.807) is 18.0 Å². The van der Waals surface area contributed by atoms with Crippen molar-refractivity contribution in [3.05, 3.63) is 88.8 Å². The zero-order valence-corrected chi connectivity index (χ0v) is 14.7. The number of rotatable bonds is 6. The Labute approximate surface area is 148 Å². The average molecular weight is 387 g/mol. The number of carbonyl (C=O) groups excluding carboxylic acids is 1. The quantitative estimate of drug-likeness (QED) is 0.375. The molecule has 0 aliphatic rings. The van der Waals surface area contributed by atoms with Crippen molar-refractivity contribution in [2.24, 2.45) is 0 Å². The van der Waals surface area contributed by atoms with Gasteiger partial charge in [0.2, 0.25) is 0 Å². The first-order valence-corrected chi connectivity index (χ1v) is 8.93. The Balaban J connectivity index is 1.80. The van der Waals surface area contributed by atoms with Gasteiger partial charge in [-0.1, -0.05) is 46.3 Å². The van der Waals surface area contributed by atoms with Crippen LogP contribution in [0.1, 0.15) is 27.8 Å². The minimum absolute atomic E-state index is 0.0427. The molecule has 0 bridgehead atoms. The summed E-state index contributed by atoms with van der Waals surface area (Å²) in [6.45, 7) is 0. The number of hydrogen-bond acceptors (Lipinski definition) is 3. The highest BCUT2D eigenvalue weighted by Gasteiger charge is 2.21. The predicted molar refractivity (Wildman–Crippen MR) is 96.8 cm³/mol. The summed E-state index contributed by atoms with van der Waals surface area (Å²) in [5.41, 5.74) is 0.713. The average Bonchev–Trinajstić information content (AvgIpc) is 3.09. The molecule has 0 amide bonds. The van der Waals surface area contributed by atoms with Gasteiger partial charge in [-0.15, -0.1) is 11.8 Å². The van der Waals surface area contributed by atoms with Crippen molar-refractivity contribution >= 4 is 33.5 Å². The highest BCUT2D eigenvalue weighted by molar-refractivity contribution is 9.10. The number of Topliss-reactive ketones (excluding diaryl/α,β-unsaturated/α-hetero) is 1. The van der Waals surface area contributed by atoms with Crippen LogP contribution < -0.4 is 0 Å². The van der Waals surface area contributed by atoms with E-state index in [0.717, 1.165) is 15.1 Å². The van der Waals surface area contributed by atoms with Gasteiger partial charge in [-0.25, -0.2) is 0 Å². The van der Waals surface area contributed by atoms with E-state index in [-0.39, 0.29) is 11.0 Å². The lowest BCUT2D eigenvalue weighted by atomic mass is 10.1. The van der Waals surface area contributed by atoms with Crippen LogP contribution in [0, 0.1) is 0 Å². The zero-order chi connectivity index (χ0) is 16.1. The van der Waals surface area contributed by atoms with E-state index in [2.05, 4.69) is 15.9 Å². The molecule has 2 nitrogen and oxygen atoms in total. The minimum atomic E-state index is -0.0427. The van der Waals surface area contributed by atoms with Crippen LogP contribution in [0.25, 0.3) is 0 Å². The lowest BCUT2D eigenvalue weighted by Crippen LogP contribution is -2.05. The third kappa shape index (κ3) is 4.36. The predicted octanol–water partition coefficient (Wildman–Crippen LogP) is 6.15. The second-order valence-corrected chi connectivity index (χ2v) is 7.26. The number of thioether (sulfide) groups is 1. The summed E-state index contributed by atoms with van der Waals surface area (Å²) >= 11 is 5.06. The van der Waals surface area contributed by atoms with Crippen molar-refractivity contribution in [1.29, 1.82) is 0 Å². The normalized spacial score (nSPS) is 12.0. The number of furan rings is 1. The molecule has 1 heterocycles. The van der Waals surface area contributed by atoms with E-state index in [4.69, 9.17) is 4.42 Å². The largest absolute Gasteiger partial charge is 0.468 e. The van der Waals surface area contributed by atoms with Crippen LogP contribution in [0.4, 0.5) is 0 Å². The maximum absolute atomic E-state index is 12.6. The lowest BCUT2D eigenvalue weighted by molar-refractivity contribution is 0.0980. The Bertz CT molecular complexity index is 769. The third-order valence-corrected chi connectivity index (χ3v) is 5.12. The zero-order valence-electron chi connectivity index (χ0n) is 12.3. The molecule has 1 unspecified atom stereocenters. The summed E-state index contributed by atoms with van der Waals surface area (Å²) < 4.78 is 6.46. The van der Waals surface area contributed by atoms with E-state index in [1.807, 2.05) is 66.7 Å². The maximum Gasteiger partial charge on any atom is 0.164 e. The number of ketones is 1. The van der Waals surface area contributed by atoms with Gasteiger partial charge >= 0.3 is 0 Å². The highest BCUT2D eigenvalue weighted by Crippen LogP contribution is 2.38. The highest BCUT2D eigenvalue weighted by atomic mass is 79.9. The summed E-state index contributed by atoms with van der Waals surface area (Å²) in [7, 11) is 0. The molecule has 2 aromatic carbocycles. The van der Waals surface area contributed by atoms with Crippen molar-refractivity contribution in [3.8, 4) is 0 Å². The van der Waals surface area contributed by atoms with Gasteiger partial charge in [0.05, 0.1) is 11.5 Å². The third-order valence-electron chi connectivity index (χ3n) is 3.40. The summed E-state index contributed by atoms with van der Waals surface area (Å²) in [4.78, 5) is 13.7. The van der Waals surface area contributed by atoms with Gasteiger partial charge in [-0.2, -0.15) is 0 Å². The van der Waals surface area contributed by atoms with E-state index in [0.29, 0.717) is 12.0 Å². The van der Waals surface area contributed by atoms with Crippen molar-refractivity contribution in [3.63, 3.8) is 0 Å². The Morgan fingerprint density at radius 2 is 1.87 bits per heavy atom. The van der Waals surface area contributed by atoms with Gasteiger partial charge in [-0.05, 0) is 36.4 Å². The Morgan fingerprint density at radius 3 is 2.57 bits per heavy atom. The fourth-order valence-corrected chi connectivity index (χ4v) is 3.81. The fraction of sp³-hybridized carbons (Fsp3) is 0.105. The molecule has 4 heteroatoms. The van der Waals surface area contributed by atoms with E-state index < -0.39 is 0 Å². The van der Waals surface area contributed by atoms with Gasteiger partial charge in [0, 0.05) is 21.4 Å². The summed E-state index contributed by atoms with van der Waals surface area (Å²) in [5.74, 6) is 0.929. The number of benzene rings is 2. The van der Waals surface area contributed by atoms with Gasteiger partial charge in [0.25, 0.3) is 0 Å². The van der Waals surface area contributed by atoms with Crippen molar-refractivity contribution in [2.45, 2.75) is 16.6 Å². The maximum atomic E-state index is 12.6. The Kier molecular flexibility index (Phi) is 5.36. The van der Waals surface area contributed by atoms with Crippen LogP contribution >= 0.6 is 27.7 Å². The molecule has 0 saturated carbocycles. The topological polar surface area (TPSA) is 30.2 Å². The molecule has 0 aliphatic carbocycles. The van der Waals surface area contributed by atoms with Crippen molar-refractivity contribution < 1.29 is 9.21 Å². The van der Waals surface area contributed by atoms with Gasteiger partial charge in [-0.3, -0.25) is 4.79 Å². The molecular formula is C19H15BrO2S. The minimum Gasteiger partial charge on any atom is -0.468 e. The SMILES string of the molecule is O=C(CC(Sc1ccccc1)c1ccco1)c1cccc(Br)c1. The Hall–Kier alpha value is -1.78. The summed E-state index contributed by atoms with van der Waals surface area (Å²) in [5, 5.41) is -0.0427. The van der Waals surface area contributed by atoms with E-state index >= 15 is 0 Å². The van der Waals surface area contributed by atoms with Crippen molar-refractivity contribution in [2.75, 3.05) is 0 Å². The van der Waals surface area contributed by atoms with Crippen LogP contribution in [0.15, 0.2) is 86.8 Å². The van der Waals surface area contributed by atoms with Gasteiger partial charge < -0.3 is 4.42 Å². The van der Waals surface area contributed by atoms with Crippen LogP contribution in [0.5, 0.6) is 0 Å². The van der Waals surface area contributed by atoms with Crippen molar-refractivity contribution in [1.82, 2.24) is 0 Å². The first-order chi connectivity index (χ1) is 11.2. The van der Waals surface area contributed by atoms with Crippen LogP contribution in [-0.4, -0.2) is 5.78 Å². The molecule has 0 aliphatic heterocycles. The molecule has 0 saturated heterocycles. The van der Waals surface area contributed by atoms with E-state index in [1.165, 1.54) is 0 Å². The molecule has 0 N–H and O–H groups in total. The Morgan fingerprint density at radius 1 is 1.04 bits per heavy atom. The molecule has 23 heavy (non-hydrogen) atoms. The number of halogens is 1. The molecule has 0 fully saturated rings. The van der Waals surface area contributed by atoms with Crippen LogP contribution in [-0.2, 0) is 0 Å². The summed E-state index contributed by atoms with van der Waals surface area (Å²) in [6.07, 6.45) is 2.04. The molecule has 3 rings (SSSR count). The molecule has 1 atom stereocenters. The second-order valence-electron chi connectivity index (χ2n) is 5.07. The molecule has 0 radical (unpaired) electrons. The number of hydrogen-bond donors (Lipinski definition) is 0. The fourth-order valence-electron chi connectivity index (χ4n) is 2.29. The van der Waals surface area contributed by atoms with Crippen LogP contribution in [0.3, 0.4) is 0 Å². The standard InChI is InChI=1S/C19H15BrO2S/c20-15-7-4-6-14(12-15)17(21)13-19(18-10-5-11-22-18)23-16-8-2-1-3-9-16/h1-12,19H,13H2. The molecule has 116 valence electrons. The van der Waals surface area contributed by atoms with E-state index in [9.17, 15) is 4.79 Å². The summed E-state index contributed by atoms with van der Waals surface area (Å²) in [6, 6.07) is 21.4. The number of carbonyl (C=O) groups is 1. The second kappa shape index (κ2) is 7.66. The molecule has 1 aromatic heterocycles. The van der Waals surface area contributed by atoms with Crippen LogP contribution in [0.2, 0.25) is 0 Å². The molecule has 3 aromatic rings. The van der Waals surface area contributed by atoms with Gasteiger partial charge in [0.1, 0.15) is 5.76 Å². The first kappa shape index (κ1) is 16.1. The molecule has 0 spiro atoms. The lowest BCUT2D eigenvalue weighted by Gasteiger charge is -2.14. The first-order valence-electron chi connectivity index (χ1n) is 7.26. The molecular weight excluding hydrogens is 372 g/mol. The monoisotopic (exact) mass is 386 g/mol. The van der Waals surface area contributed by atoms with Gasteiger partial charge in [0.15, 0.2) is 5.78 Å².